The van der Waals surface area contributed by atoms with Crippen LogP contribution in [0, 0.1) is 0 Å². The van der Waals surface area contributed by atoms with Crippen molar-refractivity contribution in [3.05, 3.63) is 18.2 Å². The Labute approximate surface area is 105 Å². The molecule has 0 unspecified atom stereocenters. The molecule has 7 heteroatoms. The molecule has 98 valence electrons. The van der Waals surface area contributed by atoms with E-state index in [4.69, 9.17) is 9.47 Å². The average Bonchev–Trinajstić information content (AvgIpc) is 2.36. The van der Waals surface area contributed by atoms with Crippen LogP contribution in [0.1, 0.15) is 6.92 Å². The molecule has 0 saturated carbocycles. The highest BCUT2D eigenvalue weighted by Gasteiger charge is 2.19. The number of ether oxygens (including phenoxy) is 2. The van der Waals surface area contributed by atoms with Gasteiger partial charge in [0, 0.05) is 6.07 Å². The van der Waals surface area contributed by atoms with E-state index in [1.54, 1.807) is 0 Å². The predicted molar refractivity (Wildman–Crippen MR) is 63.3 cm³/mol. The minimum absolute atomic E-state index is 0.0491. The van der Waals surface area contributed by atoms with Gasteiger partial charge in [-0.3, -0.25) is 4.79 Å². The van der Waals surface area contributed by atoms with Gasteiger partial charge >= 0.3 is 0 Å². The second-order valence-corrected chi connectivity index (χ2v) is 5.60. The van der Waals surface area contributed by atoms with Crippen LogP contribution < -0.4 is 14.2 Å². The molecule has 0 aromatic heterocycles. The largest absolute Gasteiger partial charge is 0.486 e. The summed E-state index contributed by atoms with van der Waals surface area (Å²) in [6.07, 6.45) is 0. The van der Waals surface area contributed by atoms with Crippen LogP contribution in [0.2, 0.25) is 0 Å². The fourth-order valence-electron chi connectivity index (χ4n) is 1.47. The standard InChI is InChI=1S/C11H13NO5S/c1-8(13)7-12-18(14,15)9-2-3-10-11(6-9)17-5-4-16-10/h2-3,6,12H,4-5,7H2,1H3. The molecule has 0 spiro atoms. The topological polar surface area (TPSA) is 81.7 Å². The van der Waals surface area contributed by atoms with E-state index >= 15 is 0 Å². The van der Waals surface area contributed by atoms with E-state index in [0.29, 0.717) is 24.7 Å². The van der Waals surface area contributed by atoms with Crippen LogP contribution >= 0.6 is 0 Å². The quantitative estimate of drug-likeness (QED) is 0.853. The van der Waals surface area contributed by atoms with Gasteiger partial charge in [0.2, 0.25) is 10.0 Å². The van der Waals surface area contributed by atoms with Crippen LogP contribution in [0.5, 0.6) is 11.5 Å². The minimum Gasteiger partial charge on any atom is -0.486 e. The Morgan fingerprint density at radius 2 is 1.94 bits per heavy atom. The van der Waals surface area contributed by atoms with Gasteiger partial charge in [0.15, 0.2) is 11.5 Å². The molecule has 0 atom stereocenters. The fourth-order valence-corrected chi connectivity index (χ4v) is 2.54. The van der Waals surface area contributed by atoms with Crippen molar-refractivity contribution in [2.45, 2.75) is 11.8 Å². The molecule has 0 bridgehead atoms. The lowest BCUT2D eigenvalue weighted by Crippen LogP contribution is -2.28. The van der Waals surface area contributed by atoms with Crippen LogP contribution in [0.3, 0.4) is 0 Å². The highest BCUT2D eigenvalue weighted by atomic mass is 32.2. The van der Waals surface area contributed by atoms with E-state index in [2.05, 4.69) is 4.72 Å². The van der Waals surface area contributed by atoms with Crippen LogP contribution in [-0.2, 0) is 14.8 Å². The predicted octanol–water partition coefficient (Wildman–Crippen LogP) is 0.325. The lowest BCUT2D eigenvalue weighted by molar-refractivity contribution is -0.115. The smallest absolute Gasteiger partial charge is 0.241 e. The van der Waals surface area contributed by atoms with Crippen molar-refractivity contribution >= 4 is 15.8 Å². The third-order valence-electron chi connectivity index (χ3n) is 2.34. The van der Waals surface area contributed by atoms with Crippen molar-refractivity contribution in [3.63, 3.8) is 0 Å². The molecule has 0 aliphatic carbocycles. The second kappa shape index (κ2) is 4.95. The van der Waals surface area contributed by atoms with Crippen molar-refractivity contribution in [2.75, 3.05) is 19.8 Å². The molecule has 1 N–H and O–H groups in total. The minimum atomic E-state index is -3.70. The summed E-state index contributed by atoms with van der Waals surface area (Å²) in [6.45, 7) is 1.92. The van der Waals surface area contributed by atoms with Crippen molar-refractivity contribution < 1.29 is 22.7 Å². The molecule has 1 aromatic carbocycles. The number of carbonyl (C=O) groups excluding carboxylic acids is 1. The molecule has 1 aliphatic rings. The number of ketones is 1. The summed E-state index contributed by atoms with van der Waals surface area (Å²) < 4.78 is 36.5. The molecule has 0 saturated heterocycles. The molecule has 1 aliphatic heterocycles. The SMILES string of the molecule is CC(=O)CNS(=O)(=O)c1ccc2c(c1)OCCO2. The van der Waals surface area contributed by atoms with E-state index in [-0.39, 0.29) is 17.2 Å². The summed E-state index contributed by atoms with van der Waals surface area (Å²) in [5.41, 5.74) is 0. The third kappa shape index (κ3) is 2.80. The summed E-state index contributed by atoms with van der Waals surface area (Å²) in [5.74, 6) is 0.662. The number of rotatable bonds is 4. The number of benzene rings is 1. The molecular weight excluding hydrogens is 258 g/mol. The zero-order valence-corrected chi connectivity index (χ0v) is 10.6. The number of hydrogen-bond acceptors (Lipinski definition) is 5. The molecule has 1 heterocycles. The highest BCUT2D eigenvalue weighted by molar-refractivity contribution is 7.89. The van der Waals surface area contributed by atoms with Crippen LogP contribution in [0.4, 0.5) is 0 Å². The van der Waals surface area contributed by atoms with E-state index in [1.165, 1.54) is 25.1 Å². The number of carbonyl (C=O) groups is 1. The van der Waals surface area contributed by atoms with Gasteiger partial charge in [-0.05, 0) is 19.1 Å². The zero-order valence-electron chi connectivity index (χ0n) is 9.80. The second-order valence-electron chi connectivity index (χ2n) is 3.83. The van der Waals surface area contributed by atoms with Crippen LogP contribution in [-0.4, -0.2) is 34.0 Å². The summed E-state index contributed by atoms with van der Waals surface area (Å²) in [5, 5.41) is 0. The van der Waals surface area contributed by atoms with Crippen molar-refractivity contribution in [2.24, 2.45) is 0 Å². The van der Waals surface area contributed by atoms with E-state index < -0.39 is 10.0 Å². The lowest BCUT2D eigenvalue weighted by atomic mass is 10.3. The summed E-state index contributed by atoms with van der Waals surface area (Å²) >= 11 is 0. The molecule has 0 amide bonds. The Morgan fingerprint density at radius 3 is 2.61 bits per heavy atom. The van der Waals surface area contributed by atoms with Gasteiger partial charge in [-0.1, -0.05) is 0 Å². The van der Waals surface area contributed by atoms with Gasteiger partial charge in [0.1, 0.15) is 19.0 Å². The molecule has 0 fully saturated rings. The Hall–Kier alpha value is -1.60. The Morgan fingerprint density at radius 1 is 1.28 bits per heavy atom. The molecule has 18 heavy (non-hydrogen) atoms. The molecule has 1 aromatic rings. The van der Waals surface area contributed by atoms with Crippen molar-refractivity contribution in [3.8, 4) is 11.5 Å². The molecular formula is C11H13NO5S. The van der Waals surface area contributed by atoms with Gasteiger partial charge in [-0.25, -0.2) is 13.1 Å². The number of nitrogens with one attached hydrogen (secondary N) is 1. The maximum absolute atomic E-state index is 11.9. The lowest BCUT2D eigenvalue weighted by Gasteiger charge is -2.18. The zero-order chi connectivity index (χ0) is 13.2. The van der Waals surface area contributed by atoms with Crippen molar-refractivity contribution in [1.82, 2.24) is 4.72 Å². The Bertz CT molecular complexity index is 567. The highest BCUT2D eigenvalue weighted by Crippen LogP contribution is 2.32. The fraction of sp³-hybridized carbons (Fsp3) is 0.364. The molecule has 6 nitrogen and oxygen atoms in total. The van der Waals surface area contributed by atoms with Crippen LogP contribution in [0.25, 0.3) is 0 Å². The Balaban J connectivity index is 2.25. The third-order valence-corrected chi connectivity index (χ3v) is 3.73. The molecule has 2 rings (SSSR count). The van der Waals surface area contributed by atoms with Gasteiger partial charge in [-0.2, -0.15) is 0 Å². The number of Topliss-reactive ketones (excluding diaryl/α,β-unsaturated/α-hetero) is 1. The van der Waals surface area contributed by atoms with E-state index in [1.807, 2.05) is 0 Å². The van der Waals surface area contributed by atoms with Gasteiger partial charge in [0.05, 0.1) is 11.4 Å². The Kier molecular flexibility index (Phi) is 3.53. The normalized spacial score (nSPS) is 14.3. The number of fused-ring (bicyclic) bond motifs is 1. The summed E-state index contributed by atoms with van der Waals surface area (Å²) in [7, 11) is -3.70. The molecule has 0 radical (unpaired) electrons. The average molecular weight is 271 g/mol. The maximum atomic E-state index is 11.9. The van der Waals surface area contributed by atoms with E-state index in [9.17, 15) is 13.2 Å². The first-order chi connectivity index (χ1) is 8.49. The summed E-state index contributed by atoms with van der Waals surface area (Å²) in [6, 6.07) is 4.34. The first-order valence-electron chi connectivity index (χ1n) is 5.38. The first-order valence-corrected chi connectivity index (χ1v) is 6.86. The van der Waals surface area contributed by atoms with Gasteiger partial charge in [-0.15, -0.1) is 0 Å². The van der Waals surface area contributed by atoms with Crippen molar-refractivity contribution in [1.29, 1.82) is 0 Å². The monoisotopic (exact) mass is 271 g/mol. The first kappa shape index (κ1) is 12.8. The van der Waals surface area contributed by atoms with Gasteiger partial charge < -0.3 is 9.47 Å². The number of sulfonamides is 1. The van der Waals surface area contributed by atoms with Crippen LogP contribution in [0.15, 0.2) is 23.1 Å². The van der Waals surface area contributed by atoms with E-state index in [0.717, 1.165) is 0 Å². The summed E-state index contributed by atoms with van der Waals surface area (Å²) in [4.78, 5) is 10.8. The number of hydrogen-bond donors (Lipinski definition) is 1. The maximum Gasteiger partial charge on any atom is 0.241 e. The van der Waals surface area contributed by atoms with Gasteiger partial charge in [0.25, 0.3) is 0 Å².